The second kappa shape index (κ2) is 6.75. The summed E-state index contributed by atoms with van der Waals surface area (Å²) < 4.78 is 1.99. The van der Waals surface area contributed by atoms with E-state index in [1.807, 2.05) is 23.4 Å². The maximum Gasteiger partial charge on any atom is 0.270 e. The zero-order valence-corrected chi connectivity index (χ0v) is 14.7. The molecule has 2 aliphatic heterocycles. The van der Waals surface area contributed by atoms with Gasteiger partial charge in [-0.3, -0.25) is 14.3 Å². The topological polar surface area (TPSA) is 70.8 Å². The third-order valence-corrected chi connectivity index (χ3v) is 4.83. The smallest absolute Gasteiger partial charge is 0.270 e. The van der Waals surface area contributed by atoms with E-state index >= 15 is 0 Å². The number of aromatic nitrogens is 2. The van der Waals surface area contributed by atoms with Gasteiger partial charge in [0.15, 0.2) is 0 Å². The average Bonchev–Trinajstić information content (AvgIpc) is 2.87. The second-order valence-corrected chi connectivity index (χ2v) is 6.72. The SMILES string of the molecule is Cc1cc(C)n(C[C@H]2CCCCN2C(=O)C2=NN(C)C(=O)CC2)n1. The van der Waals surface area contributed by atoms with Crippen LogP contribution < -0.4 is 0 Å². The number of hydrogen-bond acceptors (Lipinski definition) is 4. The summed E-state index contributed by atoms with van der Waals surface area (Å²) in [5, 5.41) is 10.0. The van der Waals surface area contributed by atoms with Crippen molar-refractivity contribution in [1.82, 2.24) is 19.7 Å². The lowest BCUT2D eigenvalue weighted by Crippen LogP contribution is -2.49. The molecular weight excluding hydrogens is 306 g/mol. The summed E-state index contributed by atoms with van der Waals surface area (Å²) in [6, 6.07) is 2.19. The molecule has 1 aromatic heterocycles. The minimum Gasteiger partial charge on any atom is -0.333 e. The van der Waals surface area contributed by atoms with Crippen LogP contribution in [0.15, 0.2) is 11.2 Å². The fourth-order valence-corrected chi connectivity index (χ4v) is 3.51. The Bertz CT molecular complexity index is 679. The van der Waals surface area contributed by atoms with Gasteiger partial charge < -0.3 is 4.90 Å². The molecule has 0 aliphatic carbocycles. The van der Waals surface area contributed by atoms with Crippen molar-refractivity contribution in [3.8, 4) is 0 Å². The first-order valence-corrected chi connectivity index (χ1v) is 8.62. The van der Waals surface area contributed by atoms with Gasteiger partial charge in [-0.1, -0.05) is 0 Å². The number of rotatable bonds is 3. The molecule has 1 atom stereocenters. The number of nitrogens with zero attached hydrogens (tertiary/aromatic N) is 5. The van der Waals surface area contributed by atoms with Crippen molar-refractivity contribution < 1.29 is 9.59 Å². The van der Waals surface area contributed by atoms with Crippen molar-refractivity contribution in [2.45, 2.75) is 58.5 Å². The van der Waals surface area contributed by atoms with Crippen LogP contribution in [0, 0.1) is 13.8 Å². The molecular formula is C17H25N5O2. The third-order valence-electron chi connectivity index (χ3n) is 4.83. The highest BCUT2D eigenvalue weighted by Crippen LogP contribution is 2.21. The van der Waals surface area contributed by atoms with E-state index in [9.17, 15) is 9.59 Å². The van der Waals surface area contributed by atoms with Crippen LogP contribution in [-0.2, 0) is 16.1 Å². The van der Waals surface area contributed by atoms with Crippen LogP contribution in [0.4, 0.5) is 0 Å². The Labute approximate surface area is 142 Å². The molecule has 0 saturated carbocycles. The minimum absolute atomic E-state index is 0.0272. The highest BCUT2D eigenvalue weighted by atomic mass is 16.2. The Morgan fingerprint density at radius 2 is 2.08 bits per heavy atom. The molecule has 3 rings (SSSR count). The van der Waals surface area contributed by atoms with E-state index in [-0.39, 0.29) is 17.9 Å². The molecule has 7 heteroatoms. The normalized spacial score (nSPS) is 21.9. The van der Waals surface area contributed by atoms with Gasteiger partial charge in [-0.25, -0.2) is 5.01 Å². The first-order chi connectivity index (χ1) is 11.5. The van der Waals surface area contributed by atoms with Crippen LogP contribution in [0.2, 0.25) is 0 Å². The number of piperidine rings is 1. The Balaban J connectivity index is 1.77. The Kier molecular flexibility index (Phi) is 4.69. The molecule has 0 unspecified atom stereocenters. The Morgan fingerprint density at radius 1 is 1.29 bits per heavy atom. The van der Waals surface area contributed by atoms with E-state index in [1.165, 1.54) is 5.01 Å². The van der Waals surface area contributed by atoms with E-state index in [4.69, 9.17) is 0 Å². The molecule has 0 N–H and O–H groups in total. The van der Waals surface area contributed by atoms with Gasteiger partial charge in [-0.05, 0) is 39.2 Å². The van der Waals surface area contributed by atoms with Gasteiger partial charge in [0.25, 0.3) is 5.91 Å². The van der Waals surface area contributed by atoms with Gasteiger partial charge in [-0.2, -0.15) is 10.2 Å². The summed E-state index contributed by atoms with van der Waals surface area (Å²) in [4.78, 5) is 26.4. The van der Waals surface area contributed by atoms with Crippen molar-refractivity contribution in [1.29, 1.82) is 0 Å². The van der Waals surface area contributed by atoms with Gasteiger partial charge in [0.2, 0.25) is 5.91 Å². The summed E-state index contributed by atoms with van der Waals surface area (Å²) in [6.45, 7) is 5.49. The molecule has 0 aromatic carbocycles. The van der Waals surface area contributed by atoms with E-state index < -0.39 is 0 Å². The van der Waals surface area contributed by atoms with Gasteiger partial charge in [0.05, 0.1) is 18.3 Å². The van der Waals surface area contributed by atoms with E-state index in [2.05, 4.69) is 16.3 Å². The highest BCUT2D eigenvalue weighted by molar-refractivity contribution is 6.39. The Morgan fingerprint density at radius 3 is 2.75 bits per heavy atom. The monoisotopic (exact) mass is 331 g/mol. The average molecular weight is 331 g/mol. The lowest BCUT2D eigenvalue weighted by atomic mass is 10.0. The van der Waals surface area contributed by atoms with Crippen LogP contribution >= 0.6 is 0 Å². The second-order valence-electron chi connectivity index (χ2n) is 6.72. The number of likely N-dealkylation sites (tertiary alicyclic amines) is 1. The van der Waals surface area contributed by atoms with E-state index in [0.717, 1.165) is 37.2 Å². The number of amides is 2. The number of aryl methyl sites for hydroxylation is 2. The van der Waals surface area contributed by atoms with E-state index in [0.29, 0.717) is 25.1 Å². The maximum absolute atomic E-state index is 12.9. The van der Waals surface area contributed by atoms with Gasteiger partial charge >= 0.3 is 0 Å². The summed E-state index contributed by atoms with van der Waals surface area (Å²) >= 11 is 0. The van der Waals surface area contributed by atoms with Gasteiger partial charge in [-0.15, -0.1) is 0 Å². The summed E-state index contributed by atoms with van der Waals surface area (Å²) in [5.74, 6) is -0.0648. The molecule has 1 aromatic rings. The van der Waals surface area contributed by atoms with Crippen LogP contribution in [0.1, 0.15) is 43.5 Å². The zero-order valence-electron chi connectivity index (χ0n) is 14.7. The number of hydrazone groups is 1. The largest absolute Gasteiger partial charge is 0.333 e. The molecule has 0 radical (unpaired) electrons. The van der Waals surface area contributed by atoms with Crippen molar-refractivity contribution in [3.05, 3.63) is 17.5 Å². The van der Waals surface area contributed by atoms with Gasteiger partial charge in [0, 0.05) is 32.1 Å². The van der Waals surface area contributed by atoms with Crippen LogP contribution in [0.3, 0.4) is 0 Å². The summed E-state index contributed by atoms with van der Waals surface area (Å²) in [6.07, 6.45) is 3.91. The summed E-state index contributed by atoms with van der Waals surface area (Å²) in [7, 11) is 1.61. The van der Waals surface area contributed by atoms with Crippen LogP contribution in [0.5, 0.6) is 0 Å². The lowest BCUT2D eigenvalue weighted by Gasteiger charge is -2.36. The molecule has 0 spiro atoms. The molecule has 1 fully saturated rings. The number of hydrogen-bond donors (Lipinski definition) is 0. The highest BCUT2D eigenvalue weighted by Gasteiger charge is 2.32. The number of carbonyl (C=O) groups excluding carboxylic acids is 2. The standard InChI is InChI=1S/C17H25N5O2/c1-12-10-13(2)22(18-12)11-14-6-4-5-9-21(14)17(24)15-7-8-16(23)20(3)19-15/h10,14H,4-9,11H2,1-3H3/t14-/m1/s1. The quantitative estimate of drug-likeness (QED) is 0.842. The van der Waals surface area contributed by atoms with Gasteiger partial charge in [0.1, 0.15) is 5.71 Å². The molecule has 0 bridgehead atoms. The molecule has 2 aliphatic rings. The zero-order chi connectivity index (χ0) is 17.3. The molecule has 1 saturated heterocycles. The fraction of sp³-hybridized carbons (Fsp3) is 0.647. The lowest BCUT2D eigenvalue weighted by molar-refractivity contribution is -0.131. The molecule has 7 nitrogen and oxygen atoms in total. The predicted molar refractivity (Wildman–Crippen MR) is 90.5 cm³/mol. The van der Waals surface area contributed by atoms with Crippen molar-refractivity contribution in [2.24, 2.45) is 5.10 Å². The van der Waals surface area contributed by atoms with Crippen molar-refractivity contribution in [2.75, 3.05) is 13.6 Å². The molecule has 3 heterocycles. The third kappa shape index (κ3) is 3.34. The molecule has 130 valence electrons. The van der Waals surface area contributed by atoms with Crippen molar-refractivity contribution in [3.63, 3.8) is 0 Å². The predicted octanol–water partition coefficient (Wildman–Crippen LogP) is 1.49. The van der Waals surface area contributed by atoms with Crippen LogP contribution in [0.25, 0.3) is 0 Å². The number of carbonyl (C=O) groups is 2. The first kappa shape index (κ1) is 16.7. The molecule has 2 amide bonds. The summed E-state index contributed by atoms with van der Waals surface area (Å²) in [5.41, 5.74) is 2.61. The molecule has 24 heavy (non-hydrogen) atoms. The first-order valence-electron chi connectivity index (χ1n) is 8.62. The van der Waals surface area contributed by atoms with Crippen LogP contribution in [-0.4, -0.2) is 56.8 Å². The maximum atomic E-state index is 12.9. The van der Waals surface area contributed by atoms with Crippen molar-refractivity contribution >= 4 is 17.5 Å². The fourth-order valence-electron chi connectivity index (χ4n) is 3.51. The Hall–Kier alpha value is -2.18. The minimum atomic E-state index is -0.0376. The van der Waals surface area contributed by atoms with E-state index in [1.54, 1.807) is 7.05 Å².